The van der Waals surface area contributed by atoms with Crippen molar-refractivity contribution < 1.29 is 4.79 Å². The molecule has 0 bridgehead atoms. The predicted octanol–water partition coefficient (Wildman–Crippen LogP) is 1.63. The molecule has 2 rings (SSSR count). The molecule has 0 saturated carbocycles. The molecule has 1 atom stereocenters. The molecule has 0 aliphatic rings. The summed E-state index contributed by atoms with van der Waals surface area (Å²) >= 11 is 1.68. The standard InChI is InChI=1S/C13H20N4OS/c1-5-14-12(18)10(4)15-6-11-9(3)16-13-17(11)7-8(2)19-13/h7,10,15H,5-6H2,1-4H3,(H,14,18). The largest absolute Gasteiger partial charge is 0.355 e. The van der Waals surface area contributed by atoms with Crippen molar-refractivity contribution >= 4 is 22.2 Å². The van der Waals surface area contributed by atoms with Crippen LogP contribution < -0.4 is 10.6 Å². The molecule has 2 N–H and O–H groups in total. The van der Waals surface area contributed by atoms with Gasteiger partial charge in [-0.05, 0) is 27.7 Å². The third kappa shape index (κ3) is 2.96. The van der Waals surface area contributed by atoms with Crippen LogP contribution in [0.1, 0.15) is 30.1 Å². The van der Waals surface area contributed by atoms with Crippen molar-refractivity contribution in [2.24, 2.45) is 0 Å². The number of rotatable bonds is 5. The lowest BCUT2D eigenvalue weighted by molar-refractivity contribution is -0.122. The zero-order valence-electron chi connectivity index (χ0n) is 11.8. The number of aromatic nitrogens is 2. The van der Waals surface area contributed by atoms with Gasteiger partial charge in [-0.15, -0.1) is 11.3 Å². The molecule has 0 saturated heterocycles. The van der Waals surface area contributed by atoms with Crippen molar-refractivity contribution in [2.45, 2.75) is 40.3 Å². The van der Waals surface area contributed by atoms with Crippen LogP contribution in [-0.4, -0.2) is 27.9 Å². The fourth-order valence-electron chi connectivity index (χ4n) is 1.99. The number of aryl methyl sites for hydroxylation is 2. The van der Waals surface area contributed by atoms with Gasteiger partial charge in [-0.3, -0.25) is 9.20 Å². The lowest BCUT2D eigenvalue weighted by Crippen LogP contribution is -2.41. The quantitative estimate of drug-likeness (QED) is 0.875. The first kappa shape index (κ1) is 14.0. The van der Waals surface area contributed by atoms with Crippen LogP contribution in [-0.2, 0) is 11.3 Å². The summed E-state index contributed by atoms with van der Waals surface area (Å²) in [5.41, 5.74) is 2.14. The van der Waals surface area contributed by atoms with Crippen molar-refractivity contribution in [1.29, 1.82) is 0 Å². The molecule has 5 nitrogen and oxygen atoms in total. The molecule has 1 amide bonds. The molecule has 2 aromatic heterocycles. The van der Waals surface area contributed by atoms with Gasteiger partial charge in [0.25, 0.3) is 0 Å². The number of likely N-dealkylation sites (N-methyl/N-ethyl adjacent to an activating group) is 1. The van der Waals surface area contributed by atoms with Crippen molar-refractivity contribution in [2.75, 3.05) is 6.54 Å². The van der Waals surface area contributed by atoms with E-state index in [2.05, 4.69) is 33.1 Å². The Hall–Kier alpha value is -1.40. The second kappa shape index (κ2) is 5.71. The molecule has 6 heteroatoms. The average molecular weight is 280 g/mol. The van der Waals surface area contributed by atoms with Gasteiger partial charge in [-0.2, -0.15) is 0 Å². The van der Waals surface area contributed by atoms with Crippen LogP contribution in [0.15, 0.2) is 6.20 Å². The number of carbonyl (C=O) groups is 1. The molecule has 0 fully saturated rings. The van der Waals surface area contributed by atoms with E-state index in [4.69, 9.17) is 0 Å². The van der Waals surface area contributed by atoms with Crippen LogP contribution in [0, 0.1) is 13.8 Å². The summed E-state index contributed by atoms with van der Waals surface area (Å²) in [5.74, 6) is 0.0300. The molecule has 0 spiro atoms. The fraction of sp³-hybridized carbons (Fsp3) is 0.538. The van der Waals surface area contributed by atoms with Crippen LogP contribution >= 0.6 is 11.3 Å². The first-order chi connectivity index (χ1) is 9.02. The number of carbonyl (C=O) groups excluding carboxylic acids is 1. The molecule has 1 unspecified atom stereocenters. The first-order valence-corrected chi connectivity index (χ1v) is 7.29. The molecule has 104 valence electrons. The minimum absolute atomic E-state index is 0.0300. The predicted molar refractivity (Wildman–Crippen MR) is 77.5 cm³/mol. The van der Waals surface area contributed by atoms with Gasteiger partial charge in [-0.25, -0.2) is 4.98 Å². The summed E-state index contributed by atoms with van der Waals surface area (Å²) < 4.78 is 2.10. The normalized spacial score (nSPS) is 12.8. The molecule has 19 heavy (non-hydrogen) atoms. The molecular formula is C13H20N4OS. The van der Waals surface area contributed by atoms with Crippen molar-refractivity contribution in [3.8, 4) is 0 Å². The summed E-state index contributed by atoms with van der Waals surface area (Å²) in [6, 6.07) is -0.204. The Morgan fingerprint density at radius 2 is 2.26 bits per heavy atom. The Balaban J connectivity index is 2.08. The molecule has 2 heterocycles. The van der Waals surface area contributed by atoms with Crippen LogP contribution in [0.3, 0.4) is 0 Å². The number of amides is 1. The fourth-order valence-corrected chi connectivity index (χ4v) is 2.88. The Kier molecular flexibility index (Phi) is 4.21. The van der Waals surface area contributed by atoms with E-state index in [1.807, 2.05) is 20.8 Å². The van der Waals surface area contributed by atoms with E-state index in [0.717, 1.165) is 16.3 Å². The van der Waals surface area contributed by atoms with Crippen LogP contribution in [0.4, 0.5) is 0 Å². The van der Waals surface area contributed by atoms with Gasteiger partial charge in [0, 0.05) is 24.2 Å². The summed E-state index contributed by atoms with van der Waals surface area (Å²) in [6.45, 7) is 9.17. The highest BCUT2D eigenvalue weighted by Gasteiger charge is 2.15. The molecule has 0 aromatic carbocycles. The van der Waals surface area contributed by atoms with Gasteiger partial charge in [0.1, 0.15) is 0 Å². The van der Waals surface area contributed by atoms with Gasteiger partial charge in [0.15, 0.2) is 4.96 Å². The Labute approximate surface area is 117 Å². The highest BCUT2D eigenvalue weighted by atomic mass is 32.1. The Morgan fingerprint density at radius 1 is 1.53 bits per heavy atom. The van der Waals surface area contributed by atoms with Gasteiger partial charge in [-0.1, -0.05) is 0 Å². The van der Waals surface area contributed by atoms with E-state index in [1.165, 1.54) is 4.88 Å². The minimum atomic E-state index is -0.204. The number of hydrogen-bond acceptors (Lipinski definition) is 4. The van der Waals surface area contributed by atoms with E-state index in [9.17, 15) is 4.79 Å². The van der Waals surface area contributed by atoms with E-state index in [0.29, 0.717) is 13.1 Å². The van der Waals surface area contributed by atoms with E-state index >= 15 is 0 Å². The van der Waals surface area contributed by atoms with Gasteiger partial charge in [0.05, 0.1) is 17.4 Å². The summed E-state index contributed by atoms with van der Waals surface area (Å²) in [4.78, 5) is 18.4. The number of nitrogens with one attached hydrogen (secondary N) is 2. The number of thiazole rings is 1. The van der Waals surface area contributed by atoms with E-state index in [-0.39, 0.29) is 11.9 Å². The number of nitrogens with zero attached hydrogens (tertiary/aromatic N) is 2. The van der Waals surface area contributed by atoms with Gasteiger partial charge in [0.2, 0.25) is 5.91 Å². The zero-order chi connectivity index (χ0) is 14.0. The molecular weight excluding hydrogens is 260 g/mol. The smallest absolute Gasteiger partial charge is 0.236 e. The van der Waals surface area contributed by atoms with Crippen molar-refractivity contribution in [3.05, 3.63) is 22.5 Å². The third-order valence-electron chi connectivity index (χ3n) is 3.06. The first-order valence-electron chi connectivity index (χ1n) is 6.48. The lowest BCUT2D eigenvalue weighted by Gasteiger charge is -2.13. The minimum Gasteiger partial charge on any atom is -0.355 e. The van der Waals surface area contributed by atoms with Crippen molar-refractivity contribution in [1.82, 2.24) is 20.0 Å². The van der Waals surface area contributed by atoms with Crippen LogP contribution in [0.2, 0.25) is 0 Å². The molecule has 0 aliphatic heterocycles. The number of fused-ring (bicyclic) bond motifs is 1. The maximum absolute atomic E-state index is 11.7. The highest BCUT2D eigenvalue weighted by Crippen LogP contribution is 2.20. The third-order valence-corrected chi connectivity index (χ3v) is 3.96. The van der Waals surface area contributed by atoms with Crippen molar-refractivity contribution in [3.63, 3.8) is 0 Å². The summed E-state index contributed by atoms with van der Waals surface area (Å²) in [7, 11) is 0. The number of imidazole rings is 1. The summed E-state index contributed by atoms with van der Waals surface area (Å²) in [5, 5.41) is 6.05. The topological polar surface area (TPSA) is 58.4 Å². The Bertz CT molecular complexity index is 587. The molecule has 2 aromatic rings. The maximum Gasteiger partial charge on any atom is 0.236 e. The highest BCUT2D eigenvalue weighted by molar-refractivity contribution is 7.17. The van der Waals surface area contributed by atoms with E-state index < -0.39 is 0 Å². The molecule has 0 aliphatic carbocycles. The number of hydrogen-bond donors (Lipinski definition) is 2. The second-order valence-electron chi connectivity index (χ2n) is 4.64. The average Bonchev–Trinajstić information content (AvgIpc) is 2.82. The monoisotopic (exact) mass is 280 g/mol. The molecule has 0 radical (unpaired) electrons. The lowest BCUT2D eigenvalue weighted by atomic mass is 10.2. The van der Waals surface area contributed by atoms with Crippen LogP contribution in [0.5, 0.6) is 0 Å². The van der Waals surface area contributed by atoms with Crippen LogP contribution in [0.25, 0.3) is 4.96 Å². The van der Waals surface area contributed by atoms with E-state index in [1.54, 1.807) is 11.3 Å². The Morgan fingerprint density at radius 3 is 2.95 bits per heavy atom. The zero-order valence-corrected chi connectivity index (χ0v) is 12.6. The van der Waals surface area contributed by atoms with Gasteiger partial charge >= 0.3 is 0 Å². The summed E-state index contributed by atoms with van der Waals surface area (Å²) in [6.07, 6.45) is 2.09. The van der Waals surface area contributed by atoms with Gasteiger partial charge < -0.3 is 10.6 Å². The SMILES string of the molecule is CCNC(=O)C(C)NCc1c(C)nc2sc(C)cn12. The maximum atomic E-state index is 11.7. The second-order valence-corrected chi connectivity index (χ2v) is 5.85.